The Morgan fingerprint density at radius 1 is 1.00 bits per heavy atom. The van der Waals surface area contributed by atoms with E-state index in [0.29, 0.717) is 0 Å². The van der Waals surface area contributed by atoms with Crippen molar-refractivity contribution in [3.8, 4) is 11.5 Å². The molecule has 0 atom stereocenters. The number of rotatable bonds is 2. The third-order valence-corrected chi connectivity index (χ3v) is 3.30. The monoisotopic (exact) mass is 344 g/mol. The predicted octanol–water partition coefficient (Wildman–Crippen LogP) is 4.41. The summed E-state index contributed by atoms with van der Waals surface area (Å²) in [5.41, 5.74) is -1.72. The summed E-state index contributed by atoms with van der Waals surface area (Å²) in [6.45, 7) is 1.41. The van der Waals surface area contributed by atoms with Gasteiger partial charge in [0.15, 0.2) is 28.9 Å². The van der Waals surface area contributed by atoms with E-state index in [2.05, 4.69) is 4.98 Å². The molecule has 0 fully saturated rings. The van der Waals surface area contributed by atoms with Crippen molar-refractivity contribution in [2.24, 2.45) is 0 Å². The van der Waals surface area contributed by atoms with E-state index in [9.17, 15) is 32.1 Å². The molecule has 24 heavy (non-hydrogen) atoms. The number of hydrogen-bond donors (Lipinski definition) is 0. The number of non-ortho nitro benzene ring substituents is 1. The first-order chi connectivity index (χ1) is 11.2. The zero-order valence-corrected chi connectivity index (χ0v) is 11.7. The van der Waals surface area contributed by atoms with Gasteiger partial charge < -0.3 is 4.42 Å². The second-order valence-corrected chi connectivity index (χ2v) is 4.83. The molecule has 0 amide bonds. The van der Waals surface area contributed by atoms with E-state index < -0.39 is 45.5 Å². The zero-order chi connectivity index (χ0) is 17.8. The van der Waals surface area contributed by atoms with Gasteiger partial charge in [-0.15, -0.1) is 0 Å². The Morgan fingerprint density at radius 2 is 1.54 bits per heavy atom. The van der Waals surface area contributed by atoms with Crippen LogP contribution in [-0.2, 0) is 0 Å². The van der Waals surface area contributed by atoms with Gasteiger partial charge in [-0.05, 0) is 6.92 Å². The first-order valence-corrected chi connectivity index (χ1v) is 6.29. The van der Waals surface area contributed by atoms with Gasteiger partial charge in [-0.25, -0.2) is 26.9 Å². The highest BCUT2D eigenvalue weighted by molar-refractivity contribution is 5.82. The quantitative estimate of drug-likeness (QED) is 0.227. The van der Waals surface area contributed by atoms with Gasteiger partial charge in [0, 0.05) is 17.7 Å². The van der Waals surface area contributed by atoms with Crippen molar-refractivity contribution >= 4 is 16.8 Å². The Kier molecular flexibility index (Phi) is 3.47. The average molecular weight is 344 g/mol. The first kappa shape index (κ1) is 15.8. The van der Waals surface area contributed by atoms with E-state index >= 15 is 0 Å². The summed E-state index contributed by atoms with van der Waals surface area (Å²) in [5.74, 6) is -11.7. The van der Waals surface area contributed by atoms with Crippen LogP contribution in [0.15, 0.2) is 16.5 Å². The molecule has 0 saturated carbocycles. The molecule has 5 nitrogen and oxygen atoms in total. The fraction of sp³-hybridized carbons (Fsp3) is 0.0714. The molecule has 0 bridgehead atoms. The van der Waals surface area contributed by atoms with Crippen LogP contribution in [0.2, 0.25) is 0 Å². The minimum Gasteiger partial charge on any atom is -0.436 e. The predicted molar refractivity (Wildman–Crippen MR) is 70.6 cm³/mol. The zero-order valence-electron chi connectivity index (χ0n) is 11.7. The second kappa shape index (κ2) is 5.25. The van der Waals surface area contributed by atoms with Gasteiger partial charge in [0.25, 0.3) is 5.69 Å². The van der Waals surface area contributed by atoms with E-state index in [1.165, 1.54) is 6.92 Å². The largest absolute Gasteiger partial charge is 0.436 e. The molecule has 0 spiro atoms. The molecule has 124 valence electrons. The van der Waals surface area contributed by atoms with E-state index in [-0.39, 0.29) is 22.4 Å². The second-order valence-electron chi connectivity index (χ2n) is 4.83. The fourth-order valence-corrected chi connectivity index (χ4v) is 2.19. The minimum absolute atomic E-state index is 0.0699. The van der Waals surface area contributed by atoms with Crippen molar-refractivity contribution in [1.29, 1.82) is 0 Å². The Balaban J connectivity index is 2.32. The molecule has 0 aliphatic carbocycles. The van der Waals surface area contributed by atoms with Crippen molar-refractivity contribution in [2.75, 3.05) is 0 Å². The SMILES string of the molecule is Cc1cc([N+](=O)[O-])cc2nc(-c3c(F)c(F)c(F)c(F)c3F)oc12. The molecule has 0 aliphatic heterocycles. The van der Waals surface area contributed by atoms with Crippen molar-refractivity contribution in [1.82, 2.24) is 4.98 Å². The molecular weight excluding hydrogens is 339 g/mol. The standard InChI is InChI=1S/C14H5F5N2O3/c1-4-2-5(21(22)23)3-6-13(4)24-14(20-6)7-8(15)10(17)12(19)11(18)9(7)16/h2-3H,1H3. The Labute approximate surface area is 129 Å². The van der Waals surface area contributed by atoms with Crippen LogP contribution in [0.5, 0.6) is 0 Å². The molecular formula is C14H5F5N2O3. The highest BCUT2D eigenvalue weighted by Crippen LogP contribution is 2.34. The minimum atomic E-state index is -2.31. The van der Waals surface area contributed by atoms with Crippen LogP contribution >= 0.6 is 0 Å². The number of nitro groups is 1. The molecule has 3 rings (SSSR count). The molecule has 10 heteroatoms. The van der Waals surface area contributed by atoms with Gasteiger partial charge >= 0.3 is 0 Å². The van der Waals surface area contributed by atoms with Gasteiger partial charge in [0.2, 0.25) is 11.7 Å². The number of aromatic nitrogens is 1. The Morgan fingerprint density at radius 3 is 2.08 bits per heavy atom. The maximum Gasteiger partial charge on any atom is 0.272 e. The third kappa shape index (κ3) is 2.18. The number of benzene rings is 2. The Hall–Kier alpha value is -3.04. The van der Waals surface area contributed by atoms with Crippen LogP contribution in [0.3, 0.4) is 0 Å². The average Bonchev–Trinajstić information content (AvgIpc) is 2.95. The molecule has 0 N–H and O–H groups in total. The smallest absolute Gasteiger partial charge is 0.272 e. The topological polar surface area (TPSA) is 69.2 Å². The molecule has 0 radical (unpaired) electrons. The van der Waals surface area contributed by atoms with Crippen molar-refractivity contribution in [2.45, 2.75) is 6.92 Å². The third-order valence-electron chi connectivity index (χ3n) is 3.30. The van der Waals surface area contributed by atoms with Crippen LogP contribution in [0, 0.1) is 46.1 Å². The normalized spacial score (nSPS) is 11.2. The van der Waals surface area contributed by atoms with Crippen molar-refractivity contribution in [3.05, 3.63) is 56.9 Å². The summed E-state index contributed by atoms with van der Waals surface area (Å²) in [5, 5.41) is 10.8. The number of halogens is 5. The summed E-state index contributed by atoms with van der Waals surface area (Å²) in [4.78, 5) is 13.7. The van der Waals surface area contributed by atoms with Gasteiger partial charge in [0.05, 0.1) is 4.92 Å². The van der Waals surface area contributed by atoms with Crippen LogP contribution in [0.4, 0.5) is 27.6 Å². The Bertz CT molecular complexity index is 987. The summed E-state index contributed by atoms with van der Waals surface area (Å²) in [7, 11) is 0. The lowest BCUT2D eigenvalue weighted by atomic mass is 10.1. The lowest BCUT2D eigenvalue weighted by Gasteiger charge is -2.04. The van der Waals surface area contributed by atoms with Crippen LogP contribution in [0.25, 0.3) is 22.6 Å². The van der Waals surface area contributed by atoms with Gasteiger partial charge in [0.1, 0.15) is 11.1 Å². The van der Waals surface area contributed by atoms with E-state index in [4.69, 9.17) is 4.42 Å². The lowest BCUT2D eigenvalue weighted by Crippen LogP contribution is -2.04. The maximum absolute atomic E-state index is 13.8. The molecule has 0 unspecified atom stereocenters. The highest BCUT2D eigenvalue weighted by atomic mass is 19.2. The number of nitro benzene ring substituents is 1. The lowest BCUT2D eigenvalue weighted by molar-refractivity contribution is -0.384. The number of aryl methyl sites for hydroxylation is 1. The van der Waals surface area contributed by atoms with E-state index in [0.717, 1.165) is 12.1 Å². The summed E-state index contributed by atoms with van der Waals surface area (Å²) < 4.78 is 72.3. The molecule has 1 aromatic heterocycles. The summed E-state index contributed by atoms with van der Waals surface area (Å²) in [6, 6.07) is 2.08. The number of oxazole rings is 1. The number of hydrogen-bond acceptors (Lipinski definition) is 4. The number of nitrogens with zero attached hydrogens (tertiary/aromatic N) is 2. The van der Waals surface area contributed by atoms with Gasteiger partial charge in [-0.3, -0.25) is 10.1 Å². The first-order valence-electron chi connectivity index (χ1n) is 6.29. The van der Waals surface area contributed by atoms with Crippen LogP contribution in [-0.4, -0.2) is 9.91 Å². The van der Waals surface area contributed by atoms with E-state index in [1.54, 1.807) is 0 Å². The number of fused-ring (bicyclic) bond motifs is 1. The molecule has 0 saturated heterocycles. The summed E-state index contributed by atoms with van der Waals surface area (Å²) in [6.07, 6.45) is 0. The van der Waals surface area contributed by atoms with E-state index in [1.807, 2.05) is 0 Å². The van der Waals surface area contributed by atoms with Crippen molar-refractivity contribution < 1.29 is 31.3 Å². The maximum atomic E-state index is 13.8. The van der Waals surface area contributed by atoms with Crippen LogP contribution in [0.1, 0.15) is 5.56 Å². The molecule has 3 aromatic rings. The van der Waals surface area contributed by atoms with Gasteiger partial charge in [-0.1, -0.05) is 0 Å². The van der Waals surface area contributed by atoms with Crippen molar-refractivity contribution in [3.63, 3.8) is 0 Å². The molecule has 0 aliphatic rings. The fourth-order valence-electron chi connectivity index (χ4n) is 2.19. The molecule has 2 aromatic carbocycles. The highest BCUT2D eigenvalue weighted by Gasteiger charge is 2.30. The molecule has 1 heterocycles. The van der Waals surface area contributed by atoms with Crippen LogP contribution < -0.4 is 0 Å². The van der Waals surface area contributed by atoms with Gasteiger partial charge in [-0.2, -0.15) is 0 Å². The summed E-state index contributed by atoms with van der Waals surface area (Å²) >= 11 is 0.